The van der Waals surface area contributed by atoms with Crippen molar-refractivity contribution in [3.05, 3.63) is 52.1 Å². The maximum Gasteiger partial charge on any atom is 0.269 e. The third-order valence-corrected chi connectivity index (χ3v) is 5.69. The molecule has 2 aliphatic rings. The van der Waals surface area contributed by atoms with E-state index in [1.54, 1.807) is 26.1 Å². The van der Waals surface area contributed by atoms with Crippen LogP contribution < -0.4 is 0 Å². The van der Waals surface area contributed by atoms with Crippen LogP contribution in [0.5, 0.6) is 0 Å². The molecule has 0 radical (unpaired) electrons. The van der Waals surface area contributed by atoms with Crippen molar-refractivity contribution in [3.63, 3.8) is 0 Å². The highest BCUT2D eigenvalue weighted by Crippen LogP contribution is 2.35. The number of rotatable bonds is 6. The van der Waals surface area contributed by atoms with Crippen molar-refractivity contribution in [1.82, 2.24) is 9.80 Å². The smallest absolute Gasteiger partial charge is 0.269 e. The predicted octanol–water partition coefficient (Wildman–Crippen LogP) is 2.46. The van der Waals surface area contributed by atoms with Gasteiger partial charge in [-0.25, -0.2) is 0 Å². The van der Waals surface area contributed by atoms with Gasteiger partial charge < -0.3 is 4.90 Å². The fourth-order valence-electron chi connectivity index (χ4n) is 3.81. The van der Waals surface area contributed by atoms with Crippen LogP contribution in [0.15, 0.2) is 36.4 Å². The Labute approximate surface area is 162 Å². The summed E-state index contributed by atoms with van der Waals surface area (Å²) in [6.45, 7) is 1.85. The first kappa shape index (κ1) is 19.7. The zero-order chi connectivity index (χ0) is 20.4. The number of imide groups is 1. The number of fused-ring (bicyclic) bond motifs is 1. The summed E-state index contributed by atoms with van der Waals surface area (Å²) in [4.78, 5) is 50.7. The fourth-order valence-corrected chi connectivity index (χ4v) is 3.81. The molecule has 28 heavy (non-hydrogen) atoms. The average molecular weight is 385 g/mol. The highest BCUT2D eigenvalue weighted by molar-refractivity contribution is 6.05. The van der Waals surface area contributed by atoms with Gasteiger partial charge in [0.25, 0.3) is 5.69 Å². The number of nitrogens with zero attached hydrogens (tertiary/aromatic N) is 3. The molecule has 0 bridgehead atoms. The minimum atomic E-state index is -0.475. The van der Waals surface area contributed by atoms with Gasteiger partial charge in [-0.3, -0.25) is 29.4 Å². The number of nitro groups is 1. The van der Waals surface area contributed by atoms with Gasteiger partial charge in [-0.05, 0) is 25.3 Å². The minimum Gasteiger partial charge on any atom is -0.339 e. The van der Waals surface area contributed by atoms with Crippen LogP contribution in [-0.2, 0) is 14.4 Å². The number of benzene rings is 1. The Morgan fingerprint density at radius 2 is 1.86 bits per heavy atom. The van der Waals surface area contributed by atoms with Crippen molar-refractivity contribution < 1.29 is 19.3 Å². The molecule has 0 unspecified atom stereocenters. The second kappa shape index (κ2) is 7.92. The lowest BCUT2D eigenvalue weighted by atomic mass is 9.85. The lowest BCUT2D eigenvalue weighted by Crippen LogP contribution is -2.36. The average Bonchev–Trinajstić information content (AvgIpc) is 2.95. The number of non-ortho nitro benzene ring substituents is 1. The van der Waals surface area contributed by atoms with Gasteiger partial charge in [0.05, 0.1) is 22.8 Å². The first-order valence-corrected chi connectivity index (χ1v) is 9.31. The third kappa shape index (κ3) is 3.67. The number of carbonyl (C=O) groups excluding carboxylic acids is 3. The first-order valence-electron chi connectivity index (χ1n) is 9.31. The highest BCUT2D eigenvalue weighted by atomic mass is 16.6. The van der Waals surface area contributed by atoms with Crippen LogP contribution in [0.4, 0.5) is 5.69 Å². The van der Waals surface area contributed by atoms with Crippen molar-refractivity contribution in [3.8, 4) is 0 Å². The quantitative estimate of drug-likeness (QED) is 0.324. The van der Waals surface area contributed by atoms with Gasteiger partial charge in [-0.2, -0.15) is 0 Å². The van der Waals surface area contributed by atoms with Crippen LogP contribution in [0, 0.1) is 22.0 Å². The molecular formula is C20H23N3O5. The van der Waals surface area contributed by atoms with E-state index in [0.717, 1.165) is 0 Å². The molecular weight excluding hydrogens is 362 g/mol. The molecule has 1 heterocycles. The molecule has 1 aromatic carbocycles. The topological polar surface area (TPSA) is 101 Å². The summed E-state index contributed by atoms with van der Waals surface area (Å²) in [6.07, 6.45) is 5.03. The largest absolute Gasteiger partial charge is 0.339 e. The van der Waals surface area contributed by atoms with Crippen molar-refractivity contribution in [2.24, 2.45) is 11.8 Å². The minimum absolute atomic E-state index is 0.0279. The Balaban J connectivity index is 1.61. The SMILES string of the molecule is C[C@@H](c1cccc([N+](=O)[O-])c1)N(C)C(=O)CCN1C(=O)[C@H]2CC=CC[C@H]2C1=O. The molecule has 0 spiro atoms. The Kier molecular flexibility index (Phi) is 5.58. The molecule has 8 heteroatoms. The highest BCUT2D eigenvalue weighted by Gasteiger charge is 2.47. The van der Waals surface area contributed by atoms with Crippen molar-refractivity contribution in [1.29, 1.82) is 0 Å². The van der Waals surface area contributed by atoms with Gasteiger partial charge in [0.1, 0.15) is 0 Å². The van der Waals surface area contributed by atoms with Crippen LogP contribution in [0.25, 0.3) is 0 Å². The summed E-state index contributed by atoms with van der Waals surface area (Å²) >= 11 is 0. The van der Waals surface area contributed by atoms with E-state index in [0.29, 0.717) is 18.4 Å². The number of allylic oxidation sites excluding steroid dienone is 2. The lowest BCUT2D eigenvalue weighted by molar-refractivity contribution is -0.384. The monoisotopic (exact) mass is 385 g/mol. The van der Waals surface area contributed by atoms with E-state index in [1.165, 1.54) is 21.9 Å². The van der Waals surface area contributed by atoms with E-state index in [2.05, 4.69) is 0 Å². The second-order valence-electron chi connectivity index (χ2n) is 7.27. The van der Waals surface area contributed by atoms with Gasteiger partial charge in [0, 0.05) is 32.1 Å². The molecule has 0 N–H and O–H groups in total. The zero-order valence-electron chi connectivity index (χ0n) is 15.9. The van der Waals surface area contributed by atoms with Gasteiger partial charge in [-0.1, -0.05) is 24.3 Å². The molecule has 1 aromatic rings. The molecule has 0 saturated carbocycles. The number of amides is 3. The lowest BCUT2D eigenvalue weighted by Gasteiger charge is -2.26. The molecule has 1 aliphatic heterocycles. The summed E-state index contributed by atoms with van der Waals surface area (Å²) in [5, 5.41) is 10.9. The number of nitro benzene ring substituents is 1. The fraction of sp³-hybridized carbons (Fsp3) is 0.450. The first-order chi connectivity index (χ1) is 13.3. The molecule has 3 amide bonds. The molecule has 1 fully saturated rings. The van der Waals surface area contributed by atoms with E-state index < -0.39 is 4.92 Å². The van der Waals surface area contributed by atoms with E-state index in [4.69, 9.17) is 0 Å². The normalized spacial score (nSPS) is 22.1. The van der Waals surface area contributed by atoms with Crippen LogP contribution >= 0.6 is 0 Å². The van der Waals surface area contributed by atoms with E-state index in [-0.39, 0.29) is 54.3 Å². The molecule has 1 aliphatic carbocycles. The zero-order valence-corrected chi connectivity index (χ0v) is 15.9. The summed E-state index contributed by atoms with van der Waals surface area (Å²) in [6, 6.07) is 5.78. The standard InChI is InChI=1S/C20H23N3O5/c1-13(14-6-5-7-15(12-14)23(27)28)21(2)18(24)10-11-22-19(25)16-8-3-4-9-17(16)20(22)26/h3-7,12-13,16-17H,8-11H2,1-2H3/t13-,16-,17+/m0/s1. The Morgan fingerprint density at radius 1 is 1.25 bits per heavy atom. The van der Waals surface area contributed by atoms with Gasteiger partial charge in [0.15, 0.2) is 0 Å². The molecule has 3 rings (SSSR count). The second-order valence-corrected chi connectivity index (χ2v) is 7.27. The third-order valence-electron chi connectivity index (χ3n) is 5.69. The molecule has 148 valence electrons. The van der Waals surface area contributed by atoms with Crippen molar-refractivity contribution in [2.75, 3.05) is 13.6 Å². The molecule has 8 nitrogen and oxygen atoms in total. The van der Waals surface area contributed by atoms with Crippen molar-refractivity contribution in [2.45, 2.75) is 32.2 Å². The van der Waals surface area contributed by atoms with Gasteiger partial charge in [0.2, 0.25) is 17.7 Å². The summed E-state index contributed by atoms with van der Waals surface area (Å²) < 4.78 is 0. The van der Waals surface area contributed by atoms with E-state index in [9.17, 15) is 24.5 Å². The van der Waals surface area contributed by atoms with Crippen LogP contribution in [0.3, 0.4) is 0 Å². The van der Waals surface area contributed by atoms with E-state index in [1.807, 2.05) is 12.2 Å². The number of likely N-dealkylation sites (tertiary alicyclic amines) is 1. The summed E-state index contributed by atoms with van der Waals surface area (Å²) in [7, 11) is 1.61. The van der Waals surface area contributed by atoms with E-state index >= 15 is 0 Å². The van der Waals surface area contributed by atoms with Crippen LogP contribution in [0.1, 0.15) is 37.8 Å². The van der Waals surface area contributed by atoms with Gasteiger partial charge in [-0.15, -0.1) is 0 Å². The van der Waals surface area contributed by atoms with Crippen LogP contribution in [-0.4, -0.2) is 46.0 Å². The molecule has 0 aromatic heterocycles. The van der Waals surface area contributed by atoms with Gasteiger partial charge >= 0.3 is 0 Å². The van der Waals surface area contributed by atoms with Crippen LogP contribution in [0.2, 0.25) is 0 Å². The Bertz CT molecular complexity index is 824. The number of hydrogen-bond acceptors (Lipinski definition) is 5. The summed E-state index contributed by atoms with van der Waals surface area (Å²) in [5.74, 6) is -1.21. The Morgan fingerprint density at radius 3 is 2.43 bits per heavy atom. The predicted molar refractivity (Wildman–Crippen MR) is 101 cm³/mol. The Hall–Kier alpha value is -3.03. The molecule has 3 atom stereocenters. The molecule has 1 saturated heterocycles. The number of carbonyl (C=O) groups is 3. The maximum atomic E-state index is 12.6. The summed E-state index contributed by atoms with van der Waals surface area (Å²) in [5.41, 5.74) is 0.616. The maximum absolute atomic E-state index is 12.6. The number of hydrogen-bond donors (Lipinski definition) is 0. The van der Waals surface area contributed by atoms with Crippen molar-refractivity contribution >= 4 is 23.4 Å².